The van der Waals surface area contributed by atoms with E-state index >= 15 is 0 Å². The average molecular weight is 580 g/mol. The molecule has 5 rings (SSSR count). The molecule has 3 aromatic rings. The summed E-state index contributed by atoms with van der Waals surface area (Å²) in [6.07, 6.45) is 1.99. The molecule has 0 saturated carbocycles. The standard InChI is InChI=1S/C36H41N3O4/c1-4-43-36(42)34-26(3)39(33(40)22-32(34)29-15-13-25(2)14-16-29)24-28-11-8-12-30(21-28)35(41)37-31-17-19-38(20-18-31)23-27-9-6-5-7-10-27/h5-16,21,31-32H,4,17-20,22-24H2,1-3H3,(H,37,41). The summed E-state index contributed by atoms with van der Waals surface area (Å²) < 4.78 is 5.43. The van der Waals surface area contributed by atoms with Gasteiger partial charge in [0.25, 0.3) is 5.91 Å². The molecule has 7 heteroatoms. The summed E-state index contributed by atoms with van der Waals surface area (Å²) in [6.45, 7) is 8.94. The van der Waals surface area contributed by atoms with Crippen LogP contribution < -0.4 is 5.32 Å². The Hall–Kier alpha value is -4.23. The second-order valence-corrected chi connectivity index (χ2v) is 11.6. The molecular weight excluding hydrogens is 538 g/mol. The summed E-state index contributed by atoms with van der Waals surface area (Å²) in [7, 11) is 0. The molecule has 0 radical (unpaired) electrons. The van der Waals surface area contributed by atoms with Crippen molar-refractivity contribution < 1.29 is 19.1 Å². The van der Waals surface area contributed by atoms with Crippen LogP contribution in [0.25, 0.3) is 0 Å². The molecule has 2 amide bonds. The molecular formula is C36H41N3O4. The van der Waals surface area contributed by atoms with Crippen LogP contribution in [0, 0.1) is 6.92 Å². The van der Waals surface area contributed by atoms with Gasteiger partial charge in [-0.3, -0.25) is 14.5 Å². The smallest absolute Gasteiger partial charge is 0.336 e. The number of nitrogens with one attached hydrogen (secondary N) is 1. The lowest BCUT2D eigenvalue weighted by Crippen LogP contribution is -2.44. The number of carbonyl (C=O) groups is 3. The number of ether oxygens (including phenoxy) is 1. The van der Waals surface area contributed by atoms with Crippen molar-refractivity contribution in [3.05, 3.63) is 118 Å². The minimum Gasteiger partial charge on any atom is -0.463 e. The number of nitrogens with zero attached hydrogens (tertiary/aromatic N) is 2. The van der Waals surface area contributed by atoms with E-state index in [1.54, 1.807) is 11.8 Å². The van der Waals surface area contributed by atoms with Crippen molar-refractivity contribution >= 4 is 17.8 Å². The van der Waals surface area contributed by atoms with E-state index < -0.39 is 5.97 Å². The highest BCUT2D eigenvalue weighted by Gasteiger charge is 2.37. The molecule has 1 unspecified atom stereocenters. The molecule has 1 atom stereocenters. The summed E-state index contributed by atoms with van der Waals surface area (Å²) in [5.74, 6) is -0.925. The lowest BCUT2D eigenvalue weighted by molar-refractivity contribution is -0.140. The third-order valence-corrected chi connectivity index (χ3v) is 8.50. The molecule has 3 aromatic carbocycles. The topological polar surface area (TPSA) is 79.0 Å². The van der Waals surface area contributed by atoms with Gasteiger partial charge in [-0.25, -0.2) is 4.79 Å². The van der Waals surface area contributed by atoms with Gasteiger partial charge >= 0.3 is 5.97 Å². The fourth-order valence-electron chi connectivity index (χ4n) is 6.10. The average Bonchev–Trinajstić information content (AvgIpc) is 3.01. The Labute approximate surface area is 254 Å². The van der Waals surface area contributed by atoms with Gasteiger partial charge in [-0.1, -0.05) is 72.3 Å². The third kappa shape index (κ3) is 7.41. The monoisotopic (exact) mass is 579 g/mol. The molecule has 2 heterocycles. The van der Waals surface area contributed by atoms with Gasteiger partial charge < -0.3 is 15.0 Å². The Morgan fingerprint density at radius 1 is 0.884 bits per heavy atom. The fourth-order valence-corrected chi connectivity index (χ4v) is 6.10. The number of rotatable bonds is 9. The van der Waals surface area contributed by atoms with Gasteiger partial charge in [0.05, 0.1) is 18.7 Å². The van der Waals surface area contributed by atoms with E-state index in [1.165, 1.54) is 5.56 Å². The number of hydrogen-bond acceptors (Lipinski definition) is 5. The van der Waals surface area contributed by atoms with Gasteiger partial charge in [0.2, 0.25) is 5.91 Å². The van der Waals surface area contributed by atoms with E-state index in [9.17, 15) is 14.4 Å². The first-order valence-electron chi connectivity index (χ1n) is 15.2. The van der Waals surface area contributed by atoms with Gasteiger partial charge in [-0.15, -0.1) is 0 Å². The first-order chi connectivity index (χ1) is 20.8. The van der Waals surface area contributed by atoms with E-state index in [-0.39, 0.29) is 43.3 Å². The molecule has 1 saturated heterocycles. The van der Waals surface area contributed by atoms with Gasteiger partial charge in [-0.05, 0) is 62.4 Å². The molecule has 0 bridgehead atoms. The zero-order chi connectivity index (χ0) is 30.3. The van der Waals surface area contributed by atoms with E-state index in [0.717, 1.165) is 49.2 Å². The van der Waals surface area contributed by atoms with E-state index in [0.29, 0.717) is 16.8 Å². The minimum atomic E-state index is -0.397. The quantitative estimate of drug-likeness (QED) is 0.327. The van der Waals surface area contributed by atoms with E-state index in [2.05, 4.69) is 34.5 Å². The number of aryl methyl sites for hydroxylation is 1. The van der Waals surface area contributed by atoms with Crippen molar-refractivity contribution in [3.63, 3.8) is 0 Å². The molecule has 0 aliphatic carbocycles. The molecule has 2 aliphatic rings. The van der Waals surface area contributed by atoms with Gasteiger partial charge in [0, 0.05) is 49.3 Å². The van der Waals surface area contributed by atoms with Crippen LogP contribution in [0.1, 0.15) is 71.6 Å². The summed E-state index contributed by atoms with van der Waals surface area (Å²) in [5, 5.41) is 3.22. The highest BCUT2D eigenvalue weighted by Crippen LogP contribution is 2.38. The van der Waals surface area contributed by atoms with Crippen LogP contribution in [0.5, 0.6) is 0 Å². The third-order valence-electron chi connectivity index (χ3n) is 8.50. The van der Waals surface area contributed by atoms with E-state index in [4.69, 9.17) is 4.74 Å². The van der Waals surface area contributed by atoms with Gasteiger partial charge in [0.1, 0.15) is 0 Å². The highest BCUT2D eigenvalue weighted by molar-refractivity contribution is 5.96. The van der Waals surface area contributed by atoms with Crippen molar-refractivity contribution in [1.82, 2.24) is 15.1 Å². The number of carbonyl (C=O) groups excluding carboxylic acids is 3. The Kier molecular flexibility index (Phi) is 9.72. The molecule has 1 fully saturated rings. The van der Waals surface area contributed by atoms with Crippen molar-refractivity contribution in [2.45, 2.75) is 65.1 Å². The number of amides is 2. The molecule has 0 spiro atoms. The predicted molar refractivity (Wildman–Crippen MR) is 167 cm³/mol. The number of likely N-dealkylation sites (tertiary alicyclic amines) is 1. The maximum Gasteiger partial charge on any atom is 0.336 e. The van der Waals surface area contributed by atoms with E-state index in [1.807, 2.05) is 68.4 Å². The van der Waals surface area contributed by atoms with Crippen LogP contribution in [0.15, 0.2) is 90.1 Å². The van der Waals surface area contributed by atoms with Crippen molar-refractivity contribution in [3.8, 4) is 0 Å². The van der Waals surface area contributed by atoms with Gasteiger partial charge in [-0.2, -0.15) is 0 Å². The fraction of sp³-hybridized carbons (Fsp3) is 0.361. The number of piperidine rings is 1. The summed E-state index contributed by atoms with van der Waals surface area (Å²) in [4.78, 5) is 43.9. The Morgan fingerprint density at radius 2 is 1.58 bits per heavy atom. The summed E-state index contributed by atoms with van der Waals surface area (Å²) in [6, 6.07) is 25.9. The van der Waals surface area contributed by atoms with Crippen molar-refractivity contribution in [1.29, 1.82) is 0 Å². The first kappa shape index (κ1) is 30.2. The van der Waals surface area contributed by atoms with Crippen LogP contribution in [0.2, 0.25) is 0 Å². The molecule has 1 N–H and O–H groups in total. The zero-order valence-corrected chi connectivity index (χ0v) is 25.3. The molecule has 224 valence electrons. The SMILES string of the molecule is CCOC(=O)C1=C(C)N(Cc2cccc(C(=O)NC3CCN(Cc4ccccc4)CC3)c2)C(=O)CC1c1ccc(C)cc1. The highest BCUT2D eigenvalue weighted by atomic mass is 16.5. The minimum absolute atomic E-state index is 0.0618. The Morgan fingerprint density at radius 3 is 2.28 bits per heavy atom. The van der Waals surface area contributed by atoms with Crippen LogP contribution in [0.3, 0.4) is 0 Å². The number of benzene rings is 3. The lowest BCUT2D eigenvalue weighted by Gasteiger charge is -2.34. The largest absolute Gasteiger partial charge is 0.463 e. The maximum atomic E-state index is 13.5. The lowest BCUT2D eigenvalue weighted by atomic mass is 9.83. The molecule has 2 aliphatic heterocycles. The Bertz CT molecular complexity index is 1470. The normalized spacial score (nSPS) is 18.1. The van der Waals surface area contributed by atoms with Crippen LogP contribution in [0.4, 0.5) is 0 Å². The second-order valence-electron chi connectivity index (χ2n) is 11.6. The number of esters is 1. The second kappa shape index (κ2) is 13.8. The number of hydrogen-bond donors (Lipinski definition) is 1. The van der Waals surface area contributed by atoms with Crippen LogP contribution >= 0.6 is 0 Å². The van der Waals surface area contributed by atoms with Crippen molar-refractivity contribution in [2.75, 3.05) is 19.7 Å². The van der Waals surface area contributed by atoms with Crippen molar-refractivity contribution in [2.24, 2.45) is 0 Å². The van der Waals surface area contributed by atoms with Crippen LogP contribution in [-0.4, -0.2) is 53.3 Å². The van der Waals surface area contributed by atoms with Crippen LogP contribution in [-0.2, 0) is 27.4 Å². The first-order valence-corrected chi connectivity index (χ1v) is 15.2. The van der Waals surface area contributed by atoms with Gasteiger partial charge in [0.15, 0.2) is 0 Å². The summed E-state index contributed by atoms with van der Waals surface area (Å²) >= 11 is 0. The molecule has 43 heavy (non-hydrogen) atoms. The zero-order valence-electron chi connectivity index (χ0n) is 25.3. The molecule has 0 aromatic heterocycles. The maximum absolute atomic E-state index is 13.5. The summed E-state index contributed by atoms with van der Waals surface area (Å²) in [5.41, 5.74) is 5.84. The predicted octanol–water partition coefficient (Wildman–Crippen LogP) is 5.74. The Balaban J connectivity index is 1.26. The molecule has 7 nitrogen and oxygen atoms in total. The number of allylic oxidation sites excluding steroid dienone is 1.